The molecule has 3 aromatic rings. The summed E-state index contributed by atoms with van der Waals surface area (Å²) in [5, 5.41) is 4.75. The van der Waals surface area contributed by atoms with Crippen LogP contribution in [0.1, 0.15) is 18.4 Å². The maximum Gasteiger partial charge on any atom is 0.241 e. The first-order valence-electron chi connectivity index (χ1n) is 8.47. The monoisotopic (exact) mass is 371 g/mol. The Kier molecular flexibility index (Phi) is 5.91. The second-order valence-electron chi connectivity index (χ2n) is 6.33. The maximum absolute atomic E-state index is 5.91. The Labute approximate surface area is 158 Å². The van der Waals surface area contributed by atoms with Crippen molar-refractivity contribution in [2.24, 2.45) is 0 Å². The molecule has 3 rings (SSSR count). The van der Waals surface area contributed by atoms with E-state index in [1.54, 1.807) is 7.11 Å². The molecule has 6 heteroatoms. The SMILES string of the molecule is COc1ccc(CC(C)N(C)Cc2nc(-c3ccc(Cl)cc3)no2)cc1. The summed E-state index contributed by atoms with van der Waals surface area (Å²) in [5.41, 5.74) is 2.15. The first-order valence-corrected chi connectivity index (χ1v) is 8.84. The zero-order valence-corrected chi connectivity index (χ0v) is 15.9. The van der Waals surface area contributed by atoms with Crippen LogP contribution in [0, 0.1) is 0 Å². The Bertz CT molecular complexity index is 831. The van der Waals surface area contributed by atoms with E-state index >= 15 is 0 Å². The van der Waals surface area contributed by atoms with Crippen molar-refractivity contribution >= 4 is 11.6 Å². The van der Waals surface area contributed by atoms with Crippen molar-refractivity contribution in [2.45, 2.75) is 25.9 Å². The summed E-state index contributed by atoms with van der Waals surface area (Å²) in [6.07, 6.45) is 0.929. The van der Waals surface area contributed by atoms with Crippen LogP contribution in [0.4, 0.5) is 0 Å². The van der Waals surface area contributed by atoms with E-state index in [9.17, 15) is 0 Å². The van der Waals surface area contributed by atoms with Gasteiger partial charge >= 0.3 is 0 Å². The summed E-state index contributed by atoms with van der Waals surface area (Å²) in [4.78, 5) is 6.68. The number of aromatic nitrogens is 2. The van der Waals surface area contributed by atoms with Gasteiger partial charge in [0.15, 0.2) is 0 Å². The van der Waals surface area contributed by atoms with Crippen molar-refractivity contribution in [1.29, 1.82) is 0 Å². The van der Waals surface area contributed by atoms with Crippen LogP contribution >= 0.6 is 11.6 Å². The van der Waals surface area contributed by atoms with Crippen LogP contribution in [0.25, 0.3) is 11.4 Å². The van der Waals surface area contributed by atoms with E-state index in [1.165, 1.54) is 5.56 Å². The summed E-state index contributed by atoms with van der Waals surface area (Å²) >= 11 is 5.91. The fraction of sp³-hybridized carbons (Fsp3) is 0.300. The Balaban J connectivity index is 1.60. The number of benzene rings is 2. The van der Waals surface area contributed by atoms with Gasteiger partial charge in [-0.1, -0.05) is 28.9 Å². The normalized spacial score (nSPS) is 12.3. The number of nitrogens with zero attached hydrogens (tertiary/aromatic N) is 3. The first-order chi connectivity index (χ1) is 12.5. The Hall–Kier alpha value is -2.37. The number of likely N-dealkylation sites (N-methyl/N-ethyl adjacent to an activating group) is 1. The lowest BCUT2D eigenvalue weighted by Crippen LogP contribution is -2.30. The van der Waals surface area contributed by atoms with Crippen LogP contribution in [0.3, 0.4) is 0 Å². The molecule has 0 bridgehead atoms. The lowest BCUT2D eigenvalue weighted by molar-refractivity contribution is 0.213. The van der Waals surface area contributed by atoms with Gasteiger partial charge in [0.05, 0.1) is 13.7 Å². The fourth-order valence-corrected chi connectivity index (χ4v) is 2.79. The molecular formula is C20H22ClN3O2. The van der Waals surface area contributed by atoms with E-state index in [-0.39, 0.29) is 0 Å². The molecule has 1 heterocycles. The van der Waals surface area contributed by atoms with Crippen molar-refractivity contribution in [2.75, 3.05) is 14.2 Å². The number of hydrogen-bond acceptors (Lipinski definition) is 5. The molecule has 0 amide bonds. The Morgan fingerprint density at radius 1 is 1.12 bits per heavy atom. The number of methoxy groups -OCH3 is 1. The van der Waals surface area contributed by atoms with E-state index in [2.05, 4.69) is 41.1 Å². The van der Waals surface area contributed by atoms with E-state index in [0.29, 0.717) is 29.3 Å². The highest BCUT2D eigenvalue weighted by Gasteiger charge is 2.15. The van der Waals surface area contributed by atoms with Gasteiger partial charge in [-0.15, -0.1) is 0 Å². The predicted octanol–water partition coefficient (Wildman–Crippen LogP) is 4.46. The van der Waals surface area contributed by atoms with Crippen molar-refractivity contribution in [1.82, 2.24) is 15.0 Å². The van der Waals surface area contributed by atoms with Crippen molar-refractivity contribution in [3.63, 3.8) is 0 Å². The molecule has 0 N–H and O–H groups in total. The van der Waals surface area contributed by atoms with Gasteiger partial charge in [-0.2, -0.15) is 4.98 Å². The molecule has 0 radical (unpaired) electrons. The number of hydrogen-bond donors (Lipinski definition) is 0. The Morgan fingerprint density at radius 2 is 1.81 bits per heavy atom. The third kappa shape index (κ3) is 4.62. The van der Waals surface area contributed by atoms with Gasteiger partial charge in [0.2, 0.25) is 11.7 Å². The van der Waals surface area contributed by atoms with Gasteiger partial charge in [-0.05, 0) is 62.4 Å². The van der Waals surface area contributed by atoms with Gasteiger partial charge in [0, 0.05) is 16.6 Å². The van der Waals surface area contributed by atoms with Crippen LogP contribution in [0.2, 0.25) is 5.02 Å². The largest absolute Gasteiger partial charge is 0.497 e. The summed E-state index contributed by atoms with van der Waals surface area (Å²) in [6, 6.07) is 15.9. The average Bonchev–Trinajstić information content (AvgIpc) is 3.11. The van der Waals surface area contributed by atoms with E-state index in [4.69, 9.17) is 20.9 Å². The molecule has 0 aliphatic carbocycles. The molecular weight excluding hydrogens is 350 g/mol. The number of halogens is 1. The molecule has 1 aromatic heterocycles. The minimum Gasteiger partial charge on any atom is -0.497 e. The zero-order chi connectivity index (χ0) is 18.5. The second kappa shape index (κ2) is 8.34. The molecule has 0 saturated carbocycles. The zero-order valence-electron chi connectivity index (χ0n) is 15.1. The standard InChI is InChI=1S/C20H22ClN3O2/c1-14(12-15-4-10-18(25-3)11-5-15)24(2)13-19-22-20(23-26-19)16-6-8-17(21)9-7-16/h4-11,14H,12-13H2,1-3H3. The molecule has 26 heavy (non-hydrogen) atoms. The summed E-state index contributed by atoms with van der Waals surface area (Å²) in [5.74, 6) is 2.04. The molecule has 0 spiro atoms. The van der Waals surface area contributed by atoms with E-state index in [1.807, 2.05) is 36.4 Å². The van der Waals surface area contributed by atoms with Gasteiger partial charge < -0.3 is 9.26 Å². The fourth-order valence-electron chi connectivity index (χ4n) is 2.66. The molecule has 1 atom stereocenters. The topological polar surface area (TPSA) is 51.4 Å². The van der Waals surface area contributed by atoms with Crippen molar-refractivity contribution in [3.05, 3.63) is 65.0 Å². The molecule has 0 aliphatic rings. The van der Waals surface area contributed by atoms with Crippen LogP contribution < -0.4 is 4.74 Å². The third-order valence-electron chi connectivity index (χ3n) is 4.40. The highest BCUT2D eigenvalue weighted by atomic mass is 35.5. The first kappa shape index (κ1) is 18.4. The molecule has 0 fully saturated rings. The maximum atomic E-state index is 5.91. The molecule has 1 unspecified atom stereocenters. The minimum atomic E-state index is 0.328. The molecule has 5 nitrogen and oxygen atoms in total. The van der Waals surface area contributed by atoms with Gasteiger partial charge in [-0.25, -0.2) is 0 Å². The summed E-state index contributed by atoms with van der Waals surface area (Å²) in [7, 11) is 3.73. The smallest absolute Gasteiger partial charge is 0.241 e. The molecule has 136 valence electrons. The number of rotatable bonds is 7. The van der Waals surface area contributed by atoms with Gasteiger partial charge in [0.1, 0.15) is 5.75 Å². The molecule has 0 saturated heterocycles. The lowest BCUT2D eigenvalue weighted by Gasteiger charge is -2.23. The quantitative estimate of drug-likeness (QED) is 0.613. The summed E-state index contributed by atoms with van der Waals surface area (Å²) in [6.45, 7) is 2.78. The molecule has 2 aromatic carbocycles. The average molecular weight is 372 g/mol. The summed E-state index contributed by atoms with van der Waals surface area (Å²) < 4.78 is 10.6. The van der Waals surface area contributed by atoms with Gasteiger partial charge in [0.25, 0.3) is 0 Å². The van der Waals surface area contributed by atoms with Crippen LogP contribution in [-0.4, -0.2) is 35.2 Å². The molecule has 0 aliphatic heterocycles. The number of ether oxygens (including phenoxy) is 1. The van der Waals surface area contributed by atoms with Gasteiger partial charge in [-0.3, -0.25) is 4.90 Å². The van der Waals surface area contributed by atoms with E-state index < -0.39 is 0 Å². The van der Waals surface area contributed by atoms with Crippen molar-refractivity contribution < 1.29 is 9.26 Å². The predicted molar refractivity (Wildman–Crippen MR) is 102 cm³/mol. The van der Waals surface area contributed by atoms with Crippen LogP contribution in [-0.2, 0) is 13.0 Å². The Morgan fingerprint density at radius 3 is 2.46 bits per heavy atom. The van der Waals surface area contributed by atoms with E-state index in [0.717, 1.165) is 17.7 Å². The second-order valence-corrected chi connectivity index (χ2v) is 6.77. The van der Waals surface area contributed by atoms with Crippen molar-refractivity contribution in [3.8, 4) is 17.1 Å². The third-order valence-corrected chi connectivity index (χ3v) is 4.65. The highest BCUT2D eigenvalue weighted by Crippen LogP contribution is 2.20. The van der Waals surface area contributed by atoms with Crippen LogP contribution in [0.5, 0.6) is 5.75 Å². The lowest BCUT2D eigenvalue weighted by atomic mass is 10.1. The minimum absolute atomic E-state index is 0.328. The highest BCUT2D eigenvalue weighted by molar-refractivity contribution is 6.30. The van der Waals surface area contributed by atoms with Crippen LogP contribution in [0.15, 0.2) is 53.1 Å².